The van der Waals surface area contributed by atoms with Crippen LogP contribution in [0.1, 0.15) is 50.2 Å². The van der Waals surface area contributed by atoms with Gasteiger partial charge in [-0.3, -0.25) is 4.90 Å². The van der Waals surface area contributed by atoms with Gasteiger partial charge in [-0.05, 0) is 55.7 Å². The van der Waals surface area contributed by atoms with Crippen LogP contribution in [-0.4, -0.2) is 48.0 Å². The molecule has 0 bridgehead atoms. The van der Waals surface area contributed by atoms with Gasteiger partial charge >= 0.3 is 0 Å². The topological polar surface area (TPSA) is 66.5 Å². The Labute approximate surface area is 213 Å². The van der Waals surface area contributed by atoms with E-state index in [0.29, 0.717) is 23.1 Å². The number of fused-ring (bicyclic) bond motifs is 1. The Balaban J connectivity index is 1.52. The fraction of sp³-hybridized carbons (Fsp3) is 0.429. The lowest BCUT2D eigenvalue weighted by Crippen LogP contribution is -2.37. The normalized spacial score (nSPS) is 16.9. The summed E-state index contributed by atoms with van der Waals surface area (Å²) in [4.78, 5) is 8.39. The van der Waals surface area contributed by atoms with Gasteiger partial charge < -0.3 is 10.5 Å². The Morgan fingerprint density at radius 2 is 1.94 bits per heavy atom. The molecule has 0 atom stereocenters. The number of guanidine groups is 1. The molecule has 1 aliphatic carbocycles. The van der Waals surface area contributed by atoms with Crippen LogP contribution in [0.2, 0.25) is 0 Å². The van der Waals surface area contributed by atoms with Gasteiger partial charge in [0.05, 0.1) is 12.8 Å². The van der Waals surface area contributed by atoms with Gasteiger partial charge in [-0.2, -0.15) is 5.10 Å². The third kappa shape index (κ3) is 6.27. The molecular formula is C28H37N5OS. The first-order chi connectivity index (χ1) is 17.0. The maximum atomic E-state index is 6.32. The van der Waals surface area contributed by atoms with E-state index in [-0.39, 0.29) is 0 Å². The molecule has 0 radical (unpaired) electrons. The summed E-state index contributed by atoms with van der Waals surface area (Å²) in [6.07, 6.45) is 8.81. The number of hydrogen-bond acceptors (Lipinski definition) is 7. The summed E-state index contributed by atoms with van der Waals surface area (Å²) in [5.74, 6) is 1.73. The van der Waals surface area contributed by atoms with Crippen LogP contribution in [-0.2, 0) is 6.54 Å². The second-order valence-electron chi connectivity index (χ2n) is 9.44. The van der Waals surface area contributed by atoms with Gasteiger partial charge in [0.1, 0.15) is 11.4 Å². The van der Waals surface area contributed by atoms with Crippen molar-refractivity contribution in [3.05, 3.63) is 60.2 Å². The lowest BCUT2D eigenvalue weighted by molar-refractivity contribution is 0.214. The molecule has 7 heteroatoms. The average Bonchev–Trinajstić information content (AvgIpc) is 2.87. The zero-order chi connectivity index (χ0) is 24.8. The first kappa shape index (κ1) is 25.3. The number of ether oxygens (including phenoxy) is 1. The minimum Gasteiger partial charge on any atom is -0.494 e. The summed E-state index contributed by atoms with van der Waals surface area (Å²) in [6.45, 7) is 9.08. The van der Waals surface area contributed by atoms with E-state index in [2.05, 4.69) is 53.9 Å². The van der Waals surface area contributed by atoms with Gasteiger partial charge in [-0.15, -0.1) is 11.8 Å². The number of methoxy groups -OCH3 is 1. The lowest BCUT2D eigenvalue weighted by atomic mass is 9.89. The van der Waals surface area contributed by atoms with Crippen LogP contribution in [0.25, 0.3) is 5.70 Å². The quantitative estimate of drug-likeness (QED) is 0.339. The van der Waals surface area contributed by atoms with Crippen molar-refractivity contribution in [3.8, 4) is 5.75 Å². The molecule has 2 aromatic rings. The van der Waals surface area contributed by atoms with Crippen molar-refractivity contribution in [2.75, 3.05) is 26.5 Å². The fourth-order valence-electron chi connectivity index (χ4n) is 5.00. The predicted molar refractivity (Wildman–Crippen MR) is 148 cm³/mol. The smallest absolute Gasteiger partial charge is 0.222 e. The maximum absolute atomic E-state index is 6.32. The highest BCUT2D eigenvalue weighted by Gasteiger charge is 2.25. The van der Waals surface area contributed by atoms with Crippen molar-refractivity contribution in [1.82, 2.24) is 9.91 Å². The number of thioether (sulfide) groups is 1. The van der Waals surface area contributed by atoms with Crippen molar-refractivity contribution >= 4 is 34.8 Å². The number of aliphatic imine (C=N–C) groups is 1. The number of benzene rings is 2. The van der Waals surface area contributed by atoms with Crippen molar-refractivity contribution in [2.24, 2.45) is 21.7 Å². The van der Waals surface area contributed by atoms with Crippen molar-refractivity contribution in [3.63, 3.8) is 0 Å². The van der Waals surface area contributed by atoms with Gasteiger partial charge in [-0.1, -0.05) is 50.1 Å². The molecule has 1 saturated carbocycles. The SMILES string of the molecule is C=C1c2cccc(OC)c2N=C(N)N1/N=C(\C)CN(Cc1ccc(SC)cc1)CC1CCCCC1. The monoisotopic (exact) mass is 491 g/mol. The molecule has 1 heterocycles. The Morgan fingerprint density at radius 3 is 2.63 bits per heavy atom. The zero-order valence-corrected chi connectivity index (χ0v) is 22.0. The number of hydrazone groups is 1. The minimum absolute atomic E-state index is 0.304. The van der Waals surface area contributed by atoms with E-state index in [9.17, 15) is 0 Å². The van der Waals surface area contributed by atoms with Gasteiger partial charge in [0, 0.05) is 35.8 Å². The van der Waals surface area contributed by atoms with Gasteiger partial charge in [0.25, 0.3) is 0 Å². The molecule has 1 aliphatic heterocycles. The van der Waals surface area contributed by atoms with Crippen molar-refractivity contribution < 1.29 is 4.74 Å². The molecule has 0 spiro atoms. The highest BCUT2D eigenvalue weighted by molar-refractivity contribution is 7.98. The lowest BCUT2D eigenvalue weighted by Gasteiger charge is -2.31. The van der Waals surface area contributed by atoms with E-state index in [4.69, 9.17) is 15.6 Å². The third-order valence-electron chi connectivity index (χ3n) is 6.76. The molecule has 2 aromatic carbocycles. The van der Waals surface area contributed by atoms with E-state index in [1.807, 2.05) is 18.2 Å². The summed E-state index contributed by atoms with van der Waals surface area (Å²) in [5.41, 5.74) is 10.9. The summed E-state index contributed by atoms with van der Waals surface area (Å²) < 4.78 is 5.46. The number of para-hydroxylation sites is 1. The number of nitrogens with two attached hydrogens (primary N) is 1. The molecule has 0 aromatic heterocycles. The predicted octanol–water partition coefficient (Wildman–Crippen LogP) is 6.11. The first-order valence-electron chi connectivity index (χ1n) is 12.4. The Morgan fingerprint density at radius 1 is 1.20 bits per heavy atom. The van der Waals surface area contributed by atoms with Crippen LogP contribution in [0.4, 0.5) is 5.69 Å². The molecule has 2 N–H and O–H groups in total. The molecule has 0 unspecified atom stereocenters. The van der Waals surface area contributed by atoms with Gasteiger partial charge in [-0.25, -0.2) is 10.0 Å². The first-order valence-corrected chi connectivity index (χ1v) is 13.6. The van der Waals surface area contributed by atoms with Crippen LogP contribution in [0.15, 0.2) is 64.0 Å². The molecule has 0 saturated heterocycles. The van der Waals surface area contributed by atoms with E-state index in [0.717, 1.165) is 36.8 Å². The van der Waals surface area contributed by atoms with Crippen LogP contribution >= 0.6 is 11.8 Å². The summed E-state index contributed by atoms with van der Waals surface area (Å²) in [6, 6.07) is 14.7. The number of rotatable bonds is 9. The van der Waals surface area contributed by atoms with E-state index >= 15 is 0 Å². The fourth-order valence-corrected chi connectivity index (χ4v) is 5.40. The highest BCUT2D eigenvalue weighted by Crippen LogP contribution is 2.39. The van der Waals surface area contributed by atoms with Crippen LogP contribution in [0.5, 0.6) is 5.75 Å². The maximum Gasteiger partial charge on any atom is 0.222 e. The highest BCUT2D eigenvalue weighted by atomic mass is 32.2. The van der Waals surface area contributed by atoms with Gasteiger partial charge in [0.15, 0.2) is 0 Å². The third-order valence-corrected chi connectivity index (χ3v) is 7.50. The summed E-state index contributed by atoms with van der Waals surface area (Å²) in [5, 5.41) is 6.52. The molecule has 4 rings (SSSR count). The molecule has 0 amide bonds. The Kier molecular flexibility index (Phi) is 8.52. The summed E-state index contributed by atoms with van der Waals surface area (Å²) >= 11 is 1.78. The molecule has 6 nitrogen and oxygen atoms in total. The molecule has 2 aliphatic rings. The van der Waals surface area contributed by atoms with E-state index in [1.165, 1.54) is 42.6 Å². The average molecular weight is 492 g/mol. The van der Waals surface area contributed by atoms with Crippen molar-refractivity contribution in [1.29, 1.82) is 0 Å². The van der Waals surface area contributed by atoms with E-state index in [1.54, 1.807) is 23.9 Å². The van der Waals surface area contributed by atoms with Gasteiger partial charge in [0.2, 0.25) is 5.96 Å². The second kappa shape index (κ2) is 11.8. The molecule has 35 heavy (non-hydrogen) atoms. The standard InChI is InChI=1S/C28H37N5OS/c1-20(31-33-21(2)25-11-8-12-26(34-3)27(25)30-28(33)29)17-32(18-22-9-6-5-7-10-22)19-23-13-15-24(35-4)16-14-23/h8,11-16,22H,2,5-7,9-10,17-19H2,1,3-4H3,(H2,29,30)/b31-20+. The molecule has 1 fully saturated rings. The van der Waals surface area contributed by atoms with Crippen LogP contribution in [0.3, 0.4) is 0 Å². The second-order valence-corrected chi connectivity index (χ2v) is 10.3. The number of nitrogens with zero attached hydrogens (tertiary/aromatic N) is 4. The Hall–Kier alpha value is -2.77. The van der Waals surface area contributed by atoms with Crippen molar-refractivity contribution in [2.45, 2.75) is 50.5 Å². The molecule has 186 valence electrons. The molecular weight excluding hydrogens is 454 g/mol. The zero-order valence-electron chi connectivity index (χ0n) is 21.2. The minimum atomic E-state index is 0.304. The largest absolute Gasteiger partial charge is 0.494 e. The Bertz CT molecular complexity index is 1090. The summed E-state index contributed by atoms with van der Waals surface area (Å²) in [7, 11) is 1.63. The number of hydrogen-bond donors (Lipinski definition) is 1. The van der Waals surface area contributed by atoms with Crippen LogP contribution in [0, 0.1) is 5.92 Å². The van der Waals surface area contributed by atoms with Crippen LogP contribution < -0.4 is 10.5 Å². The van der Waals surface area contributed by atoms with E-state index < -0.39 is 0 Å².